The highest BCUT2D eigenvalue weighted by Gasteiger charge is 2.23. The van der Waals surface area contributed by atoms with Crippen LogP contribution in [0, 0.1) is 0 Å². The standard InChI is InChI=1S/C20H28O7/c1-20(2,3)27-16(21)12-7-6-8-13-26-15-11-9-10-14(18(22)24-4)17(15)19(23)25-5/h9-11H,6-8,12-13H2,1-5H3. The molecule has 0 unspecified atom stereocenters. The van der Waals surface area contributed by atoms with Crippen LogP contribution in [-0.4, -0.2) is 44.3 Å². The topological polar surface area (TPSA) is 88.1 Å². The van der Waals surface area contributed by atoms with Gasteiger partial charge in [0.1, 0.15) is 16.9 Å². The maximum absolute atomic E-state index is 12.0. The SMILES string of the molecule is COC(=O)c1cccc(OCCCCCC(=O)OC(C)(C)C)c1C(=O)OC. The normalized spacial score (nSPS) is 10.9. The molecule has 1 rings (SSSR count). The van der Waals surface area contributed by atoms with Crippen LogP contribution >= 0.6 is 0 Å². The average molecular weight is 380 g/mol. The Labute approximate surface area is 159 Å². The number of methoxy groups -OCH3 is 2. The number of esters is 3. The zero-order chi connectivity index (χ0) is 20.4. The van der Waals surface area contributed by atoms with Crippen molar-refractivity contribution in [1.82, 2.24) is 0 Å². The summed E-state index contributed by atoms with van der Waals surface area (Å²) < 4.78 is 20.3. The van der Waals surface area contributed by atoms with Crippen molar-refractivity contribution < 1.29 is 33.3 Å². The summed E-state index contributed by atoms with van der Waals surface area (Å²) >= 11 is 0. The van der Waals surface area contributed by atoms with Crippen molar-refractivity contribution in [3.05, 3.63) is 29.3 Å². The van der Waals surface area contributed by atoms with Crippen LogP contribution in [0.5, 0.6) is 5.75 Å². The molecule has 150 valence electrons. The van der Waals surface area contributed by atoms with Crippen LogP contribution in [0.15, 0.2) is 18.2 Å². The lowest BCUT2D eigenvalue weighted by Crippen LogP contribution is -2.23. The first-order valence-electron chi connectivity index (χ1n) is 8.84. The number of carbonyl (C=O) groups excluding carboxylic acids is 3. The molecule has 0 aliphatic heterocycles. The molecule has 0 spiro atoms. The third kappa shape index (κ3) is 7.68. The number of hydrogen-bond donors (Lipinski definition) is 0. The van der Waals surface area contributed by atoms with E-state index in [9.17, 15) is 14.4 Å². The zero-order valence-electron chi connectivity index (χ0n) is 16.6. The van der Waals surface area contributed by atoms with Gasteiger partial charge in [0.2, 0.25) is 0 Å². The van der Waals surface area contributed by atoms with Crippen molar-refractivity contribution in [3.8, 4) is 5.75 Å². The number of carbonyl (C=O) groups is 3. The monoisotopic (exact) mass is 380 g/mol. The first-order valence-corrected chi connectivity index (χ1v) is 8.84. The molecular formula is C20H28O7. The molecular weight excluding hydrogens is 352 g/mol. The van der Waals surface area contributed by atoms with Gasteiger partial charge in [0.05, 0.1) is 26.4 Å². The second-order valence-corrected chi connectivity index (χ2v) is 6.91. The molecule has 0 N–H and O–H groups in total. The number of ether oxygens (including phenoxy) is 4. The molecule has 27 heavy (non-hydrogen) atoms. The van der Waals surface area contributed by atoms with Gasteiger partial charge in [0.25, 0.3) is 0 Å². The zero-order valence-corrected chi connectivity index (χ0v) is 16.6. The predicted octanol–water partition coefficient (Wildman–Crippen LogP) is 3.54. The number of hydrogen-bond acceptors (Lipinski definition) is 7. The van der Waals surface area contributed by atoms with Crippen LogP contribution in [-0.2, 0) is 19.0 Å². The molecule has 0 atom stereocenters. The molecule has 0 saturated carbocycles. The van der Waals surface area contributed by atoms with Crippen LogP contribution in [0.1, 0.15) is 67.2 Å². The van der Waals surface area contributed by atoms with Gasteiger partial charge < -0.3 is 18.9 Å². The molecule has 1 aromatic rings. The second-order valence-electron chi connectivity index (χ2n) is 6.91. The van der Waals surface area contributed by atoms with E-state index in [1.807, 2.05) is 20.8 Å². The Morgan fingerprint density at radius 1 is 0.926 bits per heavy atom. The Kier molecular flexibility index (Phi) is 8.78. The second kappa shape index (κ2) is 10.5. The van der Waals surface area contributed by atoms with Crippen LogP contribution in [0.2, 0.25) is 0 Å². The lowest BCUT2D eigenvalue weighted by Gasteiger charge is -2.19. The summed E-state index contributed by atoms with van der Waals surface area (Å²) in [6.07, 6.45) is 2.49. The fourth-order valence-corrected chi connectivity index (χ4v) is 2.37. The minimum absolute atomic E-state index is 0.0422. The minimum Gasteiger partial charge on any atom is -0.493 e. The predicted molar refractivity (Wildman–Crippen MR) is 98.9 cm³/mol. The minimum atomic E-state index is -0.670. The van der Waals surface area contributed by atoms with Gasteiger partial charge in [-0.15, -0.1) is 0 Å². The van der Waals surface area contributed by atoms with E-state index in [0.29, 0.717) is 25.9 Å². The Morgan fingerprint density at radius 3 is 2.19 bits per heavy atom. The quantitative estimate of drug-likeness (QED) is 0.368. The van der Waals surface area contributed by atoms with E-state index in [1.54, 1.807) is 12.1 Å². The first kappa shape index (κ1) is 22.5. The maximum atomic E-state index is 12.0. The van der Waals surface area contributed by atoms with E-state index in [1.165, 1.54) is 20.3 Å². The summed E-state index contributed by atoms with van der Waals surface area (Å²) in [7, 11) is 2.47. The number of unbranched alkanes of at least 4 members (excludes halogenated alkanes) is 2. The van der Waals surface area contributed by atoms with Crippen molar-refractivity contribution >= 4 is 17.9 Å². The summed E-state index contributed by atoms with van der Waals surface area (Å²) in [6, 6.07) is 4.68. The molecule has 0 bridgehead atoms. The molecule has 0 amide bonds. The van der Waals surface area contributed by atoms with Crippen LogP contribution in [0.3, 0.4) is 0 Å². The Hall–Kier alpha value is -2.57. The third-order valence-electron chi connectivity index (χ3n) is 3.52. The first-order chi connectivity index (χ1) is 12.7. The van der Waals surface area contributed by atoms with Gasteiger partial charge in [0.15, 0.2) is 0 Å². The van der Waals surface area contributed by atoms with E-state index < -0.39 is 17.5 Å². The lowest BCUT2D eigenvalue weighted by atomic mass is 10.1. The molecule has 0 saturated heterocycles. The summed E-state index contributed by atoms with van der Waals surface area (Å²) in [5, 5.41) is 0. The summed E-state index contributed by atoms with van der Waals surface area (Å²) in [4.78, 5) is 35.5. The van der Waals surface area contributed by atoms with Gasteiger partial charge >= 0.3 is 17.9 Å². The van der Waals surface area contributed by atoms with Gasteiger partial charge in [0, 0.05) is 6.42 Å². The van der Waals surface area contributed by atoms with Crippen molar-refractivity contribution in [1.29, 1.82) is 0 Å². The highest BCUT2D eigenvalue weighted by Crippen LogP contribution is 2.24. The molecule has 0 aliphatic carbocycles. The Bertz CT molecular complexity index is 659. The maximum Gasteiger partial charge on any atom is 0.342 e. The van der Waals surface area contributed by atoms with Gasteiger partial charge in [-0.25, -0.2) is 9.59 Å². The van der Waals surface area contributed by atoms with Crippen molar-refractivity contribution in [2.45, 2.75) is 52.1 Å². The summed E-state index contributed by atoms with van der Waals surface area (Å²) in [5.41, 5.74) is -0.345. The molecule has 0 aromatic heterocycles. The fourth-order valence-electron chi connectivity index (χ4n) is 2.37. The van der Waals surface area contributed by atoms with Crippen LogP contribution in [0.25, 0.3) is 0 Å². The van der Waals surface area contributed by atoms with E-state index in [0.717, 1.165) is 6.42 Å². The van der Waals surface area contributed by atoms with Gasteiger partial charge in [-0.1, -0.05) is 6.07 Å². The molecule has 1 aromatic carbocycles. The molecule has 7 heteroatoms. The van der Waals surface area contributed by atoms with E-state index in [2.05, 4.69) is 0 Å². The van der Waals surface area contributed by atoms with Crippen LogP contribution in [0.4, 0.5) is 0 Å². The van der Waals surface area contributed by atoms with Crippen molar-refractivity contribution in [2.24, 2.45) is 0 Å². The van der Waals surface area contributed by atoms with Crippen molar-refractivity contribution in [3.63, 3.8) is 0 Å². The third-order valence-corrected chi connectivity index (χ3v) is 3.52. The summed E-state index contributed by atoms with van der Waals surface area (Å²) in [6.45, 7) is 5.84. The molecule has 0 aliphatic rings. The van der Waals surface area contributed by atoms with Crippen LogP contribution < -0.4 is 4.74 Å². The average Bonchev–Trinajstić information content (AvgIpc) is 2.61. The van der Waals surface area contributed by atoms with E-state index >= 15 is 0 Å². The Morgan fingerprint density at radius 2 is 1.59 bits per heavy atom. The van der Waals surface area contributed by atoms with Gasteiger partial charge in [-0.3, -0.25) is 4.79 Å². The van der Waals surface area contributed by atoms with E-state index in [4.69, 9.17) is 18.9 Å². The molecule has 0 fully saturated rings. The fraction of sp³-hybridized carbons (Fsp3) is 0.550. The lowest BCUT2D eigenvalue weighted by molar-refractivity contribution is -0.154. The number of benzene rings is 1. The van der Waals surface area contributed by atoms with Gasteiger partial charge in [-0.05, 0) is 52.2 Å². The Balaban J connectivity index is 2.56. The van der Waals surface area contributed by atoms with Crippen molar-refractivity contribution in [2.75, 3.05) is 20.8 Å². The number of rotatable bonds is 9. The highest BCUT2D eigenvalue weighted by atomic mass is 16.6. The van der Waals surface area contributed by atoms with Gasteiger partial charge in [-0.2, -0.15) is 0 Å². The molecule has 0 heterocycles. The summed E-state index contributed by atoms with van der Waals surface area (Å²) in [5.74, 6) is -1.27. The molecule has 0 radical (unpaired) electrons. The highest BCUT2D eigenvalue weighted by molar-refractivity contribution is 6.05. The van der Waals surface area contributed by atoms with E-state index in [-0.39, 0.29) is 22.8 Å². The smallest absolute Gasteiger partial charge is 0.342 e. The largest absolute Gasteiger partial charge is 0.493 e. The molecule has 7 nitrogen and oxygen atoms in total.